The Kier molecular flexibility index (Phi) is 3.06. The first-order chi connectivity index (χ1) is 5.22. The van der Waals surface area contributed by atoms with E-state index in [4.69, 9.17) is 13.3 Å². The molecule has 11 heavy (non-hydrogen) atoms. The van der Waals surface area contributed by atoms with Gasteiger partial charge in [-0.15, -0.1) is 0 Å². The van der Waals surface area contributed by atoms with Crippen LogP contribution < -0.4 is 0 Å². The van der Waals surface area contributed by atoms with Crippen LogP contribution in [-0.2, 0) is 13.3 Å². The van der Waals surface area contributed by atoms with Gasteiger partial charge in [0.2, 0.25) is 0 Å². The van der Waals surface area contributed by atoms with Gasteiger partial charge in [0.15, 0.2) is 0 Å². The van der Waals surface area contributed by atoms with Crippen LogP contribution in [0.1, 0.15) is 19.8 Å². The summed E-state index contributed by atoms with van der Waals surface area (Å²) in [5, 5.41) is 0. The van der Waals surface area contributed by atoms with Crippen molar-refractivity contribution in [2.24, 2.45) is 0 Å². The molecular formula is C7H16O3Si. The Bertz CT molecular complexity index is 125. The summed E-state index contributed by atoms with van der Waals surface area (Å²) in [5.74, 6) is 0. The summed E-state index contributed by atoms with van der Waals surface area (Å²) in [7, 11) is 1.16. The van der Waals surface area contributed by atoms with Gasteiger partial charge in [0.05, 0.1) is 0 Å². The molecular weight excluding hydrogens is 160 g/mol. The van der Waals surface area contributed by atoms with Crippen molar-refractivity contribution in [3.63, 3.8) is 0 Å². The molecule has 4 heteroatoms. The van der Waals surface area contributed by atoms with Crippen molar-refractivity contribution in [3.8, 4) is 0 Å². The monoisotopic (exact) mass is 176 g/mol. The van der Waals surface area contributed by atoms with Crippen molar-refractivity contribution in [2.75, 3.05) is 14.2 Å². The molecule has 0 N–H and O–H groups in total. The lowest BCUT2D eigenvalue weighted by Crippen LogP contribution is -2.48. The molecule has 1 fully saturated rings. The van der Waals surface area contributed by atoms with Gasteiger partial charge in [-0.3, -0.25) is 0 Å². The highest BCUT2D eigenvalue weighted by molar-refractivity contribution is 6.60. The van der Waals surface area contributed by atoms with E-state index in [-0.39, 0.29) is 0 Å². The first-order valence-electron chi connectivity index (χ1n) is 4.00. The van der Waals surface area contributed by atoms with Crippen molar-refractivity contribution in [1.82, 2.24) is 0 Å². The molecule has 1 aliphatic heterocycles. The van der Waals surface area contributed by atoms with E-state index in [0.717, 1.165) is 18.9 Å². The zero-order valence-corrected chi connectivity index (χ0v) is 8.42. The molecule has 1 atom stereocenters. The Hall–Kier alpha value is 0.0969. The summed E-state index contributed by atoms with van der Waals surface area (Å²) < 4.78 is 16.3. The van der Waals surface area contributed by atoms with Crippen molar-refractivity contribution < 1.29 is 13.3 Å². The lowest BCUT2D eigenvalue weighted by Gasteiger charge is -2.33. The Labute approximate surface area is 69.0 Å². The van der Waals surface area contributed by atoms with Gasteiger partial charge in [-0.05, 0) is 19.8 Å². The summed E-state index contributed by atoms with van der Waals surface area (Å²) in [4.78, 5) is 0. The summed E-state index contributed by atoms with van der Waals surface area (Å²) >= 11 is 0. The van der Waals surface area contributed by atoms with Gasteiger partial charge in [-0.2, -0.15) is 0 Å². The third-order valence-electron chi connectivity index (χ3n) is 2.10. The third kappa shape index (κ3) is 2.02. The fourth-order valence-electron chi connectivity index (χ4n) is 1.41. The van der Waals surface area contributed by atoms with Crippen LogP contribution >= 0.6 is 0 Å². The SMILES string of the molecule is CO[Si]1(OC)CCCC(C)O1. The molecule has 1 heterocycles. The second kappa shape index (κ2) is 3.67. The van der Waals surface area contributed by atoms with E-state index >= 15 is 0 Å². The van der Waals surface area contributed by atoms with Gasteiger partial charge < -0.3 is 13.3 Å². The molecule has 1 aliphatic rings. The minimum atomic E-state index is -2.19. The summed E-state index contributed by atoms with van der Waals surface area (Å²) in [6, 6.07) is 0.963. The number of hydrogen-bond acceptors (Lipinski definition) is 3. The van der Waals surface area contributed by atoms with Crippen molar-refractivity contribution >= 4 is 8.80 Å². The zero-order chi connectivity index (χ0) is 8.32. The van der Waals surface area contributed by atoms with E-state index in [1.54, 1.807) is 14.2 Å². The van der Waals surface area contributed by atoms with Crippen LogP contribution in [0.5, 0.6) is 0 Å². The lowest BCUT2D eigenvalue weighted by atomic mass is 10.2. The fraction of sp³-hybridized carbons (Fsp3) is 1.00. The average Bonchev–Trinajstić information content (AvgIpc) is 2.04. The minimum Gasteiger partial charge on any atom is -0.377 e. The molecule has 0 amide bonds. The first-order valence-corrected chi connectivity index (χ1v) is 5.94. The van der Waals surface area contributed by atoms with Crippen molar-refractivity contribution in [1.29, 1.82) is 0 Å². The molecule has 0 saturated carbocycles. The van der Waals surface area contributed by atoms with Crippen LogP contribution in [0.15, 0.2) is 0 Å². The summed E-state index contributed by atoms with van der Waals surface area (Å²) in [6.45, 7) is 2.07. The summed E-state index contributed by atoms with van der Waals surface area (Å²) in [5.41, 5.74) is 0. The normalized spacial score (nSPS) is 30.3. The van der Waals surface area contributed by atoms with Gasteiger partial charge in [0.25, 0.3) is 0 Å². The van der Waals surface area contributed by atoms with E-state index in [1.807, 2.05) is 0 Å². The minimum absolute atomic E-state index is 0.301. The van der Waals surface area contributed by atoms with Gasteiger partial charge in [-0.1, -0.05) is 0 Å². The molecule has 66 valence electrons. The highest BCUT2D eigenvalue weighted by Crippen LogP contribution is 2.26. The van der Waals surface area contributed by atoms with Crippen LogP contribution in [0.3, 0.4) is 0 Å². The topological polar surface area (TPSA) is 27.7 Å². The fourth-order valence-corrected chi connectivity index (χ4v) is 3.67. The molecule has 0 aromatic carbocycles. The zero-order valence-electron chi connectivity index (χ0n) is 7.42. The highest BCUT2D eigenvalue weighted by atomic mass is 28.4. The molecule has 1 unspecified atom stereocenters. The maximum atomic E-state index is 5.67. The second-order valence-corrected chi connectivity index (χ2v) is 5.83. The molecule has 0 radical (unpaired) electrons. The van der Waals surface area contributed by atoms with E-state index in [1.165, 1.54) is 0 Å². The molecule has 3 nitrogen and oxygen atoms in total. The van der Waals surface area contributed by atoms with Crippen LogP contribution in [-0.4, -0.2) is 29.1 Å². The van der Waals surface area contributed by atoms with Crippen LogP contribution in [0, 0.1) is 0 Å². The van der Waals surface area contributed by atoms with Gasteiger partial charge in [0, 0.05) is 26.4 Å². The lowest BCUT2D eigenvalue weighted by molar-refractivity contribution is 0.0419. The second-order valence-electron chi connectivity index (χ2n) is 2.91. The maximum absolute atomic E-state index is 5.67. The third-order valence-corrected chi connectivity index (χ3v) is 5.07. The Morgan fingerprint density at radius 3 is 2.36 bits per heavy atom. The standard InChI is InChI=1S/C7H16O3Si/c1-7-5-4-6-11(8-2,9-3)10-7/h7H,4-6H2,1-3H3. The van der Waals surface area contributed by atoms with E-state index < -0.39 is 8.80 Å². The van der Waals surface area contributed by atoms with Gasteiger partial charge >= 0.3 is 8.80 Å². The smallest absolute Gasteiger partial charge is 0.377 e. The molecule has 0 aromatic heterocycles. The largest absolute Gasteiger partial charge is 0.500 e. The van der Waals surface area contributed by atoms with Gasteiger partial charge in [-0.25, -0.2) is 0 Å². The van der Waals surface area contributed by atoms with Gasteiger partial charge in [0.1, 0.15) is 0 Å². The van der Waals surface area contributed by atoms with E-state index in [9.17, 15) is 0 Å². The summed E-state index contributed by atoms with van der Waals surface area (Å²) in [6.07, 6.45) is 2.59. The van der Waals surface area contributed by atoms with Crippen molar-refractivity contribution in [2.45, 2.75) is 31.9 Å². The number of rotatable bonds is 2. The first kappa shape index (κ1) is 9.19. The van der Waals surface area contributed by atoms with Crippen molar-refractivity contribution in [3.05, 3.63) is 0 Å². The number of hydrogen-bond donors (Lipinski definition) is 0. The molecule has 0 aromatic rings. The highest BCUT2D eigenvalue weighted by Gasteiger charge is 2.42. The van der Waals surface area contributed by atoms with Crippen LogP contribution in [0.25, 0.3) is 0 Å². The molecule has 0 spiro atoms. The van der Waals surface area contributed by atoms with Crippen LogP contribution in [0.2, 0.25) is 6.04 Å². The predicted octanol–water partition coefficient (Wildman–Crippen LogP) is 1.42. The molecule has 1 saturated heterocycles. The maximum Gasteiger partial charge on any atom is 0.500 e. The van der Waals surface area contributed by atoms with E-state index in [2.05, 4.69) is 6.92 Å². The predicted molar refractivity (Wildman–Crippen MR) is 44.4 cm³/mol. The average molecular weight is 176 g/mol. The molecule has 1 rings (SSSR count). The van der Waals surface area contributed by atoms with E-state index in [0.29, 0.717) is 6.10 Å². The van der Waals surface area contributed by atoms with Crippen LogP contribution in [0.4, 0.5) is 0 Å². The quantitative estimate of drug-likeness (QED) is 0.595. The Morgan fingerprint density at radius 1 is 1.36 bits per heavy atom. The molecule has 0 bridgehead atoms. The Balaban J connectivity index is 2.52. The Morgan fingerprint density at radius 2 is 2.00 bits per heavy atom. The molecule has 0 aliphatic carbocycles.